The van der Waals surface area contributed by atoms with E-state index in [0.717, 1.165) is 4.90 Å². The largest absolute Gasteiger partial charge is 0.339 e. The summed E-state index contributed by atoms with van der Waals surface area (Å²) in [5.41, 5.74) is 1.09. The minimum Gasteiger partial charge on any atom is -0.339 e. The molecule has 2 aromatic carbocycles. The third-order valence-corrected chi connectivity index (χ3v) is 5.36. The first-order chi connectivity index (χ1) is 11.5. The molecule has 0 spiro atoms. The number of rotatable bonds is 5. The van der Waals surface area contributed by atoms with E-state index < -0.39 is 10.0 Å². The minimum atomic E-state index is -3.71. The van der Waals surface area contributed by atoms with Crippen LogP contribution < -0.4 is 4.72 Å². The Labute approximate surface area is 144 Å². The van der Waals surface area contributed by atoms with Crippen LogP contribution in [0.5, 0.6) is 0 Å². The van der Waals surface area contributed by atoms with Crippen molar-refractivity contribution < 1.29 is 12.9 Å². The Morgan fingerprint density at radius 2 is 1.92 bits per heavy atom. The highest BCUT2D eigenvalue weighted by Crippen LogP contribution is 2.24. The van der Waals surface area contributed by atoms with Gasteiger partial charge in [0.05, 0.1) is 4.90 Å². The van der Waals surface area contributed by atoms with Gasteiger partial charge in [-0.05, 0) is 36.6 Å². The summed E-state index contributed by atoms with van der Waals surface area (Å²) in [5.74, 6) is 0.777. The van der Waals surface area contributed by atoms with E-state index in [1.807, 2.05) is 18.4 Å². The maximum absolute atomic E-state index is 12.6. The summed E-state index contributed by atoms with van der Waals surface area (Å²) in [5, 5.41) is 3.81. The van der Waals surface area contributed by atoms with Gasteiger partial charge in [-0.3, -0.25) is 4.72 Å². The molecule has 0 saturated heterocycles. The molecule has 0 amide bonds. The standard InChI is InChI=1S/C16H15N3O3S2/c1-11-17-16(18-22-11)12-5-3-8-15(9-12)24(20,21)19-13-6-4-7-14(10-13)23-2/h3-10,19H,1-2H3. The van der Waals surface area contributed by atoms with Crippen molar-refractivity contribution in [1.82, 2.24) is 10.1 Å². The Bertz CT molecular complexity index is 968. The molecule has 24 heavy (non-hydrogen) atoms. The number of hydrogen-bond donors (Lipinski definition) is 1. The monoisotopic (exact) mass is 361 g/mol. The zero-order valence-corrected chi connectivity index (χ0v) is 14.7. The molecule has 1 N–H and O–H groups in total. The second kappa shape index (κ2) is 6.66. The third-order valence-electron chi connectivity index (χ3n) is 3.25. The normalized spacial score (nSPS) is 11.4. The summed E-state index contributed by atoms with van der Waals surface area (Å²) in [6, 6.07) is 13.6. The van der Waals surface area contributed by atoms with Crippen molar-refractivity contribution in [3.63, 3.8) is 0 Å². The van der Waals surface area contributed by atoms with Gasteiger partial charge in [0, 0.05) is 23.1 Å². The summed E-state index contributed by atoms with van der Waals surface area (Å²) in [6.07, 6.45) is 1.93. The predicted molar refractivity (Wildman–Crippen MR) is 93.5 cm³/mol. The summed E-state index contributed by atoms with van der Waals surface area (Å²) in [4.78, 5) is 5.23. The van der Waals surface area contributed by atoms with Crippen molar-refractivity contribution in [2.24, 2.45) is 0 Å². The van der Waals surface area contributed by atoms with Crippen LogP contribution in [0.2, 0.25) is 0 Å². The number of benzene rings is 2. The fraction of sp³-hybridized carbons (Fsp3) is 0.125. The average molecular weight is 361 g/mol. The van der Waals surface area contributed by atoms with Crippen LogP contribution in [0.4, 0.5) is 5.69 Å². The van der Waals surface area contributed by atoms with Crippen LogP contribution in [0.15, 0.2) is 62.8 Å². The van der Waals surface area contributed by atoms with Crippen molar-refractivity contribution in [2.45, 2.75) is 16.7 Å². The fourth-order valence-corrected chi connectivity index (χ4v) is 3.67. The molecule has 124 valence electrons. The highest BCUT2D eigenvalue weighted by molar-refractivity contribution is 7.98. The zero-order chi connectivity index (χ0) is 17.2. The van der Waals surface area contributed by atoms with E-state index in [4.69, 9.17) is 4.52 Å². The van der Waals surface area contributed by atoms with E-state index in [1.165, 1.54) is 12.1 Å². The van der Waals surface area contributed by atoms with E-state index in [2.05, 4.69) is 14.9 Å². The van der Waals surface area contributed by atoms with E-state index in [0.29, 0.717) is 23.0 Å². The average Bonchev–Trinajstić information content (AvgIpc) is 3.01. The predicted octanol–water partition coefficient (Wildman–Crippen LogP) is 3.57. The topological polar surface area (TPSA) is 85.1 Å². The third kappa shape index (κ3) is 3.60. The molecular formula is C16H15N3O3S2. The van der Waals surface area contributed by atoms with Crippen LogP contribution in [-0.4, -0.2) is 24.8 Å². The van der Waals surface area contributed by atoms with Crippen LogP contribution in [0, 0.1) is 6.92 Å². The van der Waals surface area contributed by atoms with Crippen molar-refractivity contribution in [1.29, 1.82) is 0 Å². The van der Waals surface area contributed by atoms with E-state index in [-0.39, 0.29) is 4.90 Å². The molecule has 0 fully saturated rings. The summed E-state index contributed by atoms with van der Waals surface area (Å²) in [7, 11) is -3.71. The van der Waals surface area contributed by atoms with Crippen LogP contribution in [0.1, 0.15) is 5.89 Å². The van der Waals surface area contributed by atoms with Gasteiger partial charge in [-0.15, -0.1) is 11.8 Å². The van der Waals surface area contributed by atoms with E-state index in [1.54, 1.807) is 43.0 Å². The summed E-state index contributed by atoms with van der Waals surface area (Å²) in [6.45, 7) is 1.68. The smallest absolute Gasteiger partial charge is 0.261 e. The van der Waals surface area contributed by atoms with Crippen molar-refractivity contribution in [3.8, 4) is 11.4 Å². The molecule has 6 nitrogen and oxygen atoms in total. The van der Waals surface area contributed by atoms with Gasteiger partial charge in [-0.25, -0.2) is 8.42 Å². The molecule has 0 bridgehead atoms. The van der Waals surface area contributed by atoms with Crippen LogP contribution >= 0.6 is 11.8 Å². The number of thioether (sulfide) groups is 1. The molecule has 3 rings (SSSR count). The van der Waals surface area contributed by atoms with Gasteiger partial charge in [0.1, 0.15) is 0 Å². The molecule has 3 aromatic rings. The first-order valence-corrected chi connectivity index (χ1v) is 9.76. The van der Waals surface area contributed by atoms with Gasteiger partial charge in [-0.2, -0.15) is 4.98 Å². The highest BCUT2D eigenvalue weighted by Gasteiger charge is 2.16. The highest BCUT2D eigenvalue weighted by atomic mass is 32.2. The first-order valence-electron chi connectivity index (χ1n) is 7.05. The minimum absolute atomic E-state index is 0.136. The lowest BCUT2D eigenvalue weighted by Crippen LogP contribution is -2.13. The number of sulfonamides is 1. The Morgan fingerprint density at radius 3 is 2.62 bits per heavy atom. The van der Waals surface area contributed by atoms with Crippen LogP contribution in [-0.2, 0) is 10.0 Å². The van der Waals surface area contributed by atoms with Crippen molar-refractivity contribution in [3.05, 3.63) is 54.4 Å². The van der Waals surface area contributed by atoms with Gasteiger partial charge in [-0.1, -0.05) is 23.4 Å². The molecule has 0 aliphatic rings. The Morgan fingerprint density at radius 1 is 1.12 bits per heavy atom. The summed E-state index contributed by atoms with van der Waals surface area (Å²) < 4.78 is 32.7. The maximum atomic E-state index is 12.6. The molecule has 1 aromatic heterocycles. The van der Waals surface area contributed by atoms with Crippen LogP contribution in [0.3, 0.4) is 0 Å². The lowest BCUT2D eigenvalue weighted by Gasteiger charge is -2.09. The van der Waals surface area contributed by atoms with Gasteiger partial charge in [0.2, 0.25) is 11.7 Å². The number of anilines is 1. The van der Waals surface area contributed by atoms with Gasteiger partial charge in [0.25, 0.3) is 10.0 Å². The van der Waals surface area contributed by atoms with E-state index >= 15 is 0 Å². The lowest BCUT2D eigenvalue weighted by molar-refractivity contribution is 0.394. The first kappa shape index (κ1) is 16.5. The maximum Gasteiger partial charge on any atom is 0.261 e. The Hall–Kier alpha value is -2.32. The molecule has 0 unspecified atom stereocenters. The van der Waals surface area contributed by atoms with Gasteiger partial charge in [0.15, 0.2) is 0 Å². The summed E-state index contributed by atoms with van der Waals surface area (Å²) >= 11 is 1.55. The van der Waals surface area contributed by atoms with Gasteiger partial charge >= 0.3 is 0 Å². The molecule has 1 heterocycles. The molecule has 0 aliphatic heterocycles. The number of aromatic nitrogens is 2. The Balaban J connectivity index is 1.92. The molecular weight excluding hydrogens is 346 g/mol. The second-order valence-corrected chi connectivity index (χ2v) is 7.56. The zero-order valence-electron chi connectivity index (χ0n) is 13.1. The quantitative estimate of drug-likeness (QED) is 0.699. The SMILES string of the molecule is CSc1cccc(NS(=O)(=O)c2cccc(-c3noc(C)n3)c2)c1. The molecule has 0 aliphatic carbocycles. The molecule has 0 radical (unpaired) electrons. The number of aryl methyl sites for hydroxylation is 1. The number of nitrogens with zero attached hydrogens (tertiary/aromatic N) is 2. The van der Waals surface area contributed by atoms with Crippen LogP contribution in [0.25, 0.3) is 11.4 Å². The van der Waals surface area contributed by atoms with Crippen molar-refractivity contribution >= 4 is 27.5 Å². The molecule has 0 saturated carbocycles. The molecule has 0 atom stereocenters. The lowest BCUT2D eigenvalue weighted by atomic mass is 10.2. The number of hydrogen-bond acceptors (Lipinski definition) is 6. The second-order valence-electron chi connectivity index (χ2n) is 5.00. The number of nitrogens with one attached hydrogen (secondary N) is 1. The fourth-order valence-electron chi connectivity index (χ4n) is 2.12. The molecule has 8 heteroatoms. The van der Waals surface area contributed by atoms with E-state index in [9.17, 15) is 8.42 Å². The van der Waals surface area contributed by atoms with Gasteiger partial charge < -0.3 is 4.52 Å². The van der Waals surface area contributed by atoms with Crippen molar-refractivity contribution in [2.75, 3.05) is 11.0 Å². The Kier molecular flexibility index (Phi) is 4.59.